The monoisotopic (exact) mass is 412 g/mol. The van der Waals surface area contributed by atoms with Crippen molar-refractivity contribution in [3.8, 4) is 0 Å². The minimum absolute atomic E-state index is 0.0202. The molecule has 1 amide bonds. The maximum Gasteiger partial charge on any atom is 0.249 e. The minimum atomic E-state index is -0.345. The van der Waals surface area contributed by atoms with Gasteiger partial charge in [-0.05, 0) is 76.0 Å². The summed E-state index contributed by atoms with van der Waals surface area (Å²) in [5.41, 5.74) is 3.32. The van der Waals surface area contributed by atoms with Gasteiger partial charge in [-0.15, -0.1) is 0 Å². The van der Waals surface area contributed by atoms with Gasteiger partial charge in [-0.2, -0.15) is 0 Å². The summed E-state index contributed by atoms with van der Waals surface area (Å²) in [5, 5.41) is 1.48. The zero-order valence-corrected chi connectivity index (χ0v) is 17.9. The van der Waals surface area contributed by atoms with Crippen molar-refractivity contribution in [3.63, 3.8) is 0 Å². The summed E-state index contributed by atoms with van der Waals surface area (Å²) in [5.74, 6) is 0.981. The molecule has 0 spiro atoms. The third-order valence-electron chi connectivity index (χ3n) is 6.46. The van der Waals surface area contributed by atoms with Gasteiger partial charge in [0.25, 0.3) is 0 Å². The molecule has 30 heavy (non-hydrogen) atoms. The Bertz CT molecular complexity index is 927. The lowest BCUT2D eigenvalue weighted by atomic mass is 9.78. The Morgan fingerprint density at radius 2 is 1.87 bits per heavy atom. The molecule has 1 atom stereocenters. The number of halogens is 1. The number of hydrogen-bond acceptors (Lipinski definition) is 5. The van der Waals surface area contributed by atoms with E-state index < -0.39 is 0 Å². The summed E-state index contributed by atoms with van der Waals surface area (Å²) < 4.78 is 14.0. The van der Waals surface area contributed by atoms with Crippen LogP contribution in [0.3, 0.4) is 0 Å². The van der Waals surface area contributed by atoms with Gasteiger partial charge in [-0.1, -0.05) is 0 Å². The first-order valence-corrected chi connectivity index (χ1v) is 10.8. The topological polar surface area (TPSA) is 68.2 Å². The molecule has 2 fully saturated rings. The zero-order chi connectivity index (χ0) is 21.3. The van der Waals surface area contributed by atoms with E-state index in [0.717, 1.165) is 43.6 Å². The molecule has 7 heteroatoms. The SMILES string of the molecule is Cc1ncc(CC2CCC(C(=O)N3OCC[C@H]3c3cnc(C)c(F)c3)CC2)c(C)n1. The Morgan fingerprint density at radius 3 is 2.57 bits per heavy atom. The normalized spacial score (nSPS) is 24.3. The highest BCUT2D eigenvalue weighted by atomic mass is 19.1. The molecule has 0 N–H and O–H groups in total. The van der Waals surface area contributed by atoms with E-state index in [-0.39, 0.29) is 23.7 Å². The van der Waals surface area contributed by atoms with Crippen LogP contribution >= 0.6 is 0 Å². The van der Waals surface area contributed by atoms with Gasteiger partial charge in [0.2, 0.25) is 5.91 Å². The molecule has 0 aromatic carbocycles. The predicted octanol–water partition coefficient (Wildman–Crippen LogP) is 4.19. The van der Waals surface area contributed by atoms with Gasteiger partial charge in [-0.25, -0.2) is 19.4 Å². The first-order valence-electron chi connectivity index (χ1n) is 10.8. The largest absolute Gasteiger partial charge is 0.272 e. The summed E-state index contributed by atoms with van der Waals surface area (Å²) in [6.45, 7) is 6.04. The van der Waals surface area contributed by atoms with Crippen molar-refractivity contribution in [2.45, 2.75) is 65.3 Å². The number of rotatable bonds is 4. The number of nitrogens with zero attached hydrogens (tertiary/aromatic N) is 4. The Balaban J connectivity index is 1.37. The fraction of sp³-hybridized carbons (Fsp3) is 0.565. The van der Waals surface area contributed by atoms with Crippen molar-refractivity contribution in [3.05, 3.63) is 52.6 Å². The van der Waals surface area contributed by atoms with Gasteiger partial charge in [-0.3, -0.25) is 14.6 Å². The number of aryl methyl sites for hydroxylation is 3. The van der Waals surface area contributed by atoms with E-state index >= 15 is 0 Å². The molecular formula is C23H29FN4O2. The van der Waals surface area contributed by atoms with Crippen molar-refractivity contribution in [1.82, 2.24) is 20.0 Å². The van der Waals surface area contributed by atoms with Crippen LogP contribution in [-0.4, -0.2) is 32.5 Å². The van der Waals surface area contributed by atoms with E-state index in [2.05, 4.69) is 15.0 Å². The minimum Gasteiger partial charge on any atom is -0.272 e. The molecule has 0 radical (unpaired) electrons. The highest BCUT2D eigenvalue weighted by Gasteiger charge is 2.37. The van der Waals surface area contributed by atoms with Gasteiger partial charge in [0.15, 0.2) is 0 Å². The van der Waals surface area contributed by atoms with Crippen LogP contribution in [0.1, 0.15) is 66.5 Å². The molecule has 4 rings (SSSR count). The van der Waals surface area contributed by atoms with Gasteiger partial charge in [0.05, 0.1) is 18.3 Å². The molecule has 1 saturated heterocycles. The third kappa shape index (κ3) is 4.36. The molecular weight excluding hydrogens is 383 g/mol. The second-order valence-corrected chi connectivity index (χ2v) is 8.59. The predicted molar refractivity (Wildman–Crippen MR) is 110 cm³/mol. The standard InChI is InChI=1S/C23H29FN4O2/c1-14-19(12-26-16(3)27-14)10-17-4-6-18(7-5-17)23(29)28-22(8-9-30-28)20-11-21(24)15(2)25-13-20/h11-13,17-18,22H,4-10H2,1-3H3/t17?,18?,22-/m0/s1. The second-order valence-electron chi connectivity index (χ2n) is 8.59. The smallest absolute Gasteiger partial charge is 0.249 e. The lowest BCUT2D eigenvalue weighted by Gasteiger charge is -2.32. The quantitative estimate of drug-likeness (QED) is 0.753. The molecule has 160 valence electrons. The highest BCUT2D eigenvalue weighted by Crippen LogP contribution is 2.37. The number of hydrogen-bond donors (Lipinski definition) is 0. The van der Waals surface area contributed by atoms with Crippen LogP contribution in [0.4, 0.5) is 4.39 Å². The van der Waals surface area contributed by atoms with E-state index in [1.807, 2.05) is 20.0 Å². The lowest BCUT2D eigenvalue weighted by molar-refractivity contribution is -0.183. The van der Waals surface area contributed by atoms with Crippen LogP contribution < -0.4 is 0 Å². The molecule has 2 aromatic rings. The second kappa shape index (κ2) is 8.76. The molecule has 1 aliphatic heterocycles. The van der Waals surface area contributed by atoms with Gasteiger partial charge < -0.3 is 0 Å². The zero-order valence-electron chi connectivity index (χ0n) is 17.9. The fourth-order valence-electron chi connectivity index (χ4n) is 4.61. The molecule has 2 aliphatic rings. The highest BCUT2D eigenvalue weighted by molar-refractivity contribution is 5.78. The van der Waals surface area contributed by atoms with E-state index in [4.69, 9.17) is 4.84 Å². The Hall–Kier alpha value is -2.41. The third-order valence-corrected chi connectivity index (χ3v) is 6.46. The lowest BCUT2D eigenvalue weighted by Crippen LogP contribution is -2.37. The van der Waals surface area contributed by atoms with Crippen molar-refractivity contribution in [2.75, 3.05) is 6.61 Å². The maximum atomic E-state index is 14.0. The molecule has 1 saturated carbocycles. The average molecular weight is 413 g/mol. The first kappa shape index (κ1) is 20.8. The summed E-state index contributed by atoms with van der Waals surface area (Å²) in [6.07, 6.45) is 8.92. The van der Waals surface area contributed by atoms with E-state index in [1.54, 1.807) is 13.1 Å². The van der Waals surface area contributed by atoms with E-state index in [9.17, 15) is 9.18 Å². The molecule has 6 nitrogen and oxygen atoms in total. The first-order chi connectivity index (χ1) is 14.4. The van der Waals surface area contributed by atoms with Crippen LogP contribution in [0, 0.1) is 38.4 Å². The number of carbonyl (C=O) groups excluding carboxylic acids is 1. The van der Waals surface area contributed by atoms with E-state index in [0.29, 0.717) is 30.2 Å². The van der Waals surface area contributed by atoms with Crippen LogP contribution in [0.5, 0.6) is 0 Å². The van der Waals surface area contributed by atoms with Crippen LogP contribution in [0.2, 0.25) is 0 Å². The Kier molecular flexibility index (Phi) is 6.09. The van der Waals surface area contributed by atoms with Crippen LogP contribution in [-0.2, 0) is 16.1 Å². The number of pyridine rings is 1. The summed E-state index contributed by atoms with van der Waals surface area (Å²) in [6, 6.07) is 1.22. The van der Waals surface area contributed by atoms with Crippen LogP contribution in [0.25, 0.3) is 0 Å². The Labute approximate surface area is 176 Å². The Morgan fingerprint density at radius 1 is 1.10 bits per heavy atom. The summed E-state index contributed by atoms with van der Waals surface area (Å²) in [4.78, 5) is 31.7. The van der Waals surface area contributed by atoms with Gasteiger partial charge in [0, 0.05) is 30.4 Å². The van der Waals surface area contributed by atoms with E-state index in [1.165, 1.54) is 16.7 Å². The number of carbonyl (C=O) groups is 1. The van der Waals surface area contributed by atoms with Crippen molar-refractivity contribution >= 4 is 5.91 Å². The van der Waals surface area contributed by atoms with Crippen LogP contribution in [0.15, 0.2) is 18.5 Å². The molecule has 0 unspecified atom stereocenters. The molecule has 2 aromatic heterocycles. The molecule has 0 bridgehead atoms. The van der Waals surface area contributed by atoms with Crippen molar-refractivity contribution < 1.29 is 14.0 Å². The molecule has 1 aliphatic carbocycles. The summed E-state index contributed by atoms with van der Waals surface area (Å²) in [7, 11) is 0. The number of aromatic nitrogens is 3. The maximum absolute atomic E-state index is 14.0. The number of hydroxylamine groups is 2. The van der Waals surface area contributed by atoms with Crippen molar-refractivity contribution in [2.24, 2.45) is 11.8 Å². The number of amides is 1. The van der Waals surface area contributed by atoms with Crippen molar-refractivity contribution in [1.29, 1.82) is 0 Å². The van der Waals surface area contributed by atoms with Gasteiger partial charge >= 0.3 is 0 Å². The molecule has 3 heterocycles. The fourth-order valence-corrected chi connectivity index (χ4v) is 4.61. The van der Waals surface area contributed by atoms with Gasteiger partial charge in [0.1, 0.15) is 11.6 Å². The summed E-state index contributed by atoms with van der Waals surface area (Å²) >= 11 is 0. The average Bonchev–Trinajstić information content (AvgIpc) is 3.22.